The van der Waals surface area contributed by atoms with E-state index in [9.17, 15) is 9.59 Å². The predicted molar refractivity (Wildman–Crippen MR) is 71.0 cm³/mol. The van der Waals surface area contributed by atoms with E-state index in [-0.39, 0.29) is 18.9 Å². The van der Waals surface area contributed by atoms with Gasteiger partial charge in [0, 0.05) is 24.8 Å². The van der Waals surface area contributed by atoms with Crippen LogP contribution in [0.15, 0.2) is 6.20 Å². The van der Waals surface area contributed by atoms with Gasteiger partial charge in [0.2, 0.25) is 0 Å². The summed E-state index contributed by atoms with van der Waals surface area (Å²) in [4.78, 5) is 24.8. The van der Waals surface area contributed by atoms with Crippen molar-refractivity contribution in [1.29, 1.82) is 0 Å². The number of hydrogen-bond acceptors (Lipinski definition) is 3. The maximum atomic E-state index is 12.5. The van der Waals surface area contributed by atoms with Crippen molar-refractivity contribution < 1.29 is 14.7 Å². The van der Waals surface area contributed by atoms with E-state index in [2.05, 4.69) is 5.10 Å². The lowest BCUT2D eigenvalue weighted by molar-refractivity contribution is -0.137. The maximum absolute atomic E-state index is 12.5. The third-order valence-corrected chi connectivity index (χ3v) is 3.07. The van der Waals surface area contributed by atoms with Crippen LogP contribution in [-0.2, 0) is 11.8 Å². The van der Waals surface area contributed by atoms with Crippen LogP contribution in [0.1, 0.15) is 43.2 Å². The zero-order valence-electron chi connectivity index (χ0n) is 12.1. The molecule has 6 nitrogen and oxygen atoms in total. The highest BCUT2D eigenvalue weighted by Crippen LogP contribution is 2.19. The summed E-state index contributed by atoms with van der Waals surface area (Å²) >= 11 is 0. The Kier molecular flexibility index (Phi) is 4.34. The summed E-state index contributed by atoms with van der Waals surface area (Å²) in [5.74, 6) is -1.09. The molecule has 0 spiro atoms. The van der Waals surface area contributed by atoms with E-state index in [0.717, 1.165) is 5.69 Å². The number of nitrogens with zero attached hydrogens (tertiary/aromatic N) is 3. The monoisotopic (exact) mass is 267 g/mol. The molecule has 0 aliphatic rings. The summed E-state index contributed by atoms with van der Waals surface area (Å²) in [6.45, 7) is 7.67. The Bertz CT molecular complexity index is 486. The first-order valence-electron chi connectivity index (χ1n) is 6.17. The van der Waals surface area contributed by atoms with Crippen molar-refractivity contribution in [2.75, 3.05) is 6.54 Å². The Morgan fingerprint density at radius 2 is 2.00 bits per heavy atom. The number of carbonyl (C=O) groups is 2. The van der Waals surface area contributed by atoms with E-state index in [1.165, 1.54) is 6.20 Å². The van der Waals surface area contributed by atoms with Crippen molar-refractivity contribution >= 4 is 11.9 Å². The number of aromatic nitrogens is 2. The minimum Gasteiger partial charge on any atom is -0.481 e. The second-order valence-corrected chi connectivity index (χ2v) is 5.54. The second kappa shape index (κ2) is 5.42. The van der Waals surface area contributed by atoms with Gasteiger partial charge in [0.25, 0.3) is 5.91 Å². The molecule has 1 aromatic rings. The van der Waals surface area contributed by atoms with Gasteiger partial charge in [-0.3, -0.25) is 14.3 Å². The van der Waals surface area contributed by atoms with Gasteiger partial charge in [-0.2, -0.15) is 5.10 Å². The molecule has 106 valence electrons. The topological polar surface area (TPSA) is 75.4 Å². The van der Waals surface area contributed by atoms with Crippen LogP contribution >= 0.6 is 0 Å². The summed E-state index contributed by atoms with van der Waals surface area (Å²) in [5.41, 5.74) is 0.854. The zero-order valence-corrected chi connectivity index (χ0v) is 12.1. The molecule has 0 radical (unpaired) electrons. The Balaban J connectivity index is 3.01. The van der Waals surface area contributed by atoms with Gasteiger partial charge in [0.15, 0.2) is 0 Å². The van der Waals surface area contributed by atoms with Gasteiger partial charge in [-0.1, -0.05) is 0 Å². The van der Waals surface area contributed by atoms with E-state index in [1.807, 2.05) is 27.7 Å². The van der Waals surface area contributed by atoms with E-state index in [0.29, 0.717) is 5.56 Å². The summed E-state index contributed by atoms with van der Waals surface area (Å²) < 4.78 is 1.63. The summed E-state index contributed by atoms with van der Waals surface area (Å²) in [5, 5.41) is 12.8. The van der Waals surface area contributed by atoms with Crippen molar-refractivity contribution in [1.82, 2.24) is 14.7 Å². The highest BCUT2D eigenvalue weighted by atomic mass is 16.4. The molecule has 0 saturated heterocycles. The van der Waals surface area contributed by atoms with E-state index in [4.69, 9.17) is 5.11 Å². The molecule has 19 heavy (non-hydrogen) atoms. The van der Waals surface area contributed by atoms with Crippen LogP contribution in [-0.4, -0.2) is 43.7 Å². The number of aryl methyl sites for hydroxylation is 1. The van der Waals surface area contributed by atoms with Gasteiger partial charge in [-0.05, 0) is 27.7 Å². The number of carbonyl (C=O) groups excluding carboxylic acids is 1. The minimum atomic E-state index is -0.912. The number of hydrogen-bond donors (Lipinski definition) is 1. The molecule has 0 aromatic carbocycles. The van der Waals surface area contributed by atoms with Gasteiger partial charge in [-0.25, -0.2) is 0 Å². The molecular formula is C13H21N3O3. The molecular weight excluding hydrogens is 246 g/mol. The summed E-state index contributed by atoms with van der Waals surface area (Å²) in [6, 6.07) is 0. The van der Waals surface area contributed by atoms with E-state index >= 15 is 0 Å². The number of rotatable bonds is 4. The van der Waals surface area contributed by atoms with Crippen molar-refractivity contribution in [2.24, 2.45) is 7.05 Å². The third-order valence-electron chi connectivity index (χ3n) is 3.07. The molecule has 1 amide bonds. The molecule has 0 bridgehead atoms. The van der Waals surface area contributed by atoms with Crippen molar-refractivity contribution in [2.45, 2.75) is 39.7 Å². The Labute approximate surface area is 113 Å². The Morgan fingerprint density at radius 3 is 2.37 bits per heavy atom. The molecule has 0 unspecified atom stereocenters. The quantitative estimate of drug-likeness (QED) is 0.895. The smallest absolute Gasteiger partial charge is 0.305 e. The average molecular weight is 267 g/mol. The largest absolute Gasteiger partial charge is 0.481 e. The molecule has 0 aliphatic heterocycles. The molecule has 6 heteroatoms. The molecule has 0 fully saturated rings. The normalized spacial score (nSPS) is 11.4. The highest BCUT2D eigenvalue weighted by molar-refractivity contribution is 5.95. The summed E-state index contributed by atoms with van der Waals surface area (Å²) in [7, 11) is 1.77. The lowest BCUT2D eigenvalue weighted by Gasteiger charge is -2.35. The molecule has 1 rings (SSSR count). The molecule has 1 heterocycles. The Morgan fingerprint density at radius 1 is 1.42 bits per heavy atom. The predicted octanol–water partition coefficient (Wildman–Crippen LogP) is 1.44. The third kappa shape index (κ3) is 3.56. The molecule has 1 aromatic heterocycles. The van der Waals surface area contributed by atoms with Crippen molar-refractivity contribution in [3.63, 3.8) is 0 Å². The lowest BCUT2D eigenvalue weighted by Crippen LogP contribution is -2.46. The van der Waals surface area contributed by atoms with Crippen LogP contribution < -0.4 is 0 Å². The maximum Gasteiger partial charge on any atom is 0.305 e. The first-order chi connectivity index (χ1) is 8.64. The van der Waals surface area contributed by atoms with Gasteiger partial charge in [0.05, 0.1) is 18.2 Å². The van der Waals surface area contributed by atoms with Crippen LogP contribution in [0.2, 0.25) is 0 Å². The standard InChI is InChI=1S/C13H21N3O3/c1-9-10(8-14-15(9)5)12(19)16(13(2,3)4)7-6-11(17)18/h8H,6-7H2,1-5H3,(H,17,18). The molecule has 0 saturated carbocycles. The number of aliphatic carboxylic acids is 1. The number of carboxylic acids is 1. The Hall–Kier alpha value is -1.85. The minimum absolute atomic E-state index is 0.0671. The fourth-order valence-corrected chi connectivity index (χ4v) is 1.80. The van der Waals surface area contributed by atoms with Gasteiger partial charge in [-0.15, -0.1) is 0 Å². The zero-order chi connectivity index (χ0) is 14.8. The number of carboxylic acid groups (broad SMARTS) is 1. The van der Waals surface area contributed by atoms with Crippen molar-refractivity contribution in [3.8, 4) is 0 Å². The van der Waals surface area contributed by atoms with Gasteiger partial charge < -0.3 is 10.0 Å². The van der Waals surface area contributed by atoms with Crippen LogP contribution in [0.5, 0.6) is 0 Å². The lowest BCUT2D eigenvalue weighted by atomic mass is 10.0. The summed E-state index contributed by atoms with van der Waals surface area (Å²) in [6.07, 6.45) is 1.46. The van der Waals surface area contributed by atoms with Crippen LogP contribution in [0.3, 0.4) is 0 Å². The van der Waals surface area contributed by atoms with Gasteiger partial charge >= 0.3 is 5.97 Å². The fraction of sp³-hybridized carbons (Fsp3) is 0.615. The first kappa shape index (κ1) is 15.2. The SMILES string of the molecule is Cc1c(C(=O)N(CCC(=O)O)C(C)(C)C)cnn1C. The van der Waals surface area contributed by atoms with Crippen LogP contribution in [0, 0.1) is 6.92 Å². The molecule has 0 aliphatic carbocycles. The van der Waals surface area contributed by atoms with Crippen molar-refractivity contribution in [3.05, 3.63) is 17.5 Å². The second-order valence-electron chi connectivity index (χ2n) is 5.54. The molecule has 0 atom stereocenters. The fourth-order valence-electron chi connectivity index (χ4n) is 1.80. The van der Waals surface area contributed by atoms with Gasteiger partial charge in [0.1, 0.15) is 0 Å². The van der Waals surface area contributed by atoms with Crippen LogP contribution in [0.25, 0.3) is 0 Å². The number of amides is 1. The van der Waals surface area contributed by atoms with Crippen LogP contribution in [0.4, 0.5) is 0 Å². The average Bonchev–Trinajstić information content (AvgIpc) is 2.57. The highest BCUT2D eigenvalue weighted by Gasteiger charge is 2.29. The molecule has 1 N–H and O–H groups in total. The van der Waals surface area contributed by atoms with E-state index < -0.39 is 11.5 Å². The van der Waals surface area contributed by atoms with E-state index in [1.54, 1.807) is 16.6 Å². The first-order valence-corrected chi connectivity index (χ1v) is 6.17.